The van der Waals surface area contributed by atoms with Crippen LogP contribution in [0.4, 0.5) is 11.4 Å². The zero-order valence-electron chi connectivity index (χ0n) is 17.4. The van der Waals surface area contributed by atoms with E-state index in [4.69, 9.17) is 4.74 Å². The molecule has 0 aliphatic heterocycles. The number of ether oxygens (including phenoxy) is 1. The molecule has 9 nitrogen and oxygen atoms in total. The molecule has 0 unspecified atom stereocenters. The first-order valence-corrected chi connectivity index (χ1v) is 13.5. The van der Waals surface area contributed by atoms with Crippen LogP contribution in [0, 0.1) is 3.57 Å². The fraction of sp³-hybridized carbons (Fsp3) is 0.316. The first-order chi connectivity index (χ1) is 14.3. The summed E-state index contributed by atoms with van der Waals surface area (Å²) < 4.78 is 58.9. The van der Waals surface area contributed by atoms with Crippen molar-refractivity contribution in [3.8, 4) is 5.75 Å². The zero-order chi connectivity index (χ0) is 23.4. The summed E-state index contributed by atoms with van der Waals surface area (Å²) in [5.74, 6) is -0.425. The number of nitrogens with one attached hydrogen (secondary N) is 2. The summed E-state index contributed by atoms with van der Waals surface area (Å²) in [5, 5.41) is 2.55. The van der Waals surface area contributed by atoms with Crippen LogP contribution in [0.2, 0.25) is 0 Å². The molecule has 0 aliphatic carbocycles. The van der Waals surface area contributed by atoms with Crippen molar-refractivity contribution < 1.29 is 26.4 Å². The summed E-state index contributed by atoms with van der Waals surface area (Å²) in [4.78, 5) is 12.6. The van der Waals surface area contributed by atoms with Gasteiger partial charge in [-0.2, -0.15) is 0 Å². The number of carbonyl (C=O) groups excluding carboxylic acids is 1. The lowest BCUT2D eigenvalue weighted by Crippen LogP contribution is -2.37. The van der Waals surface area contributed by atoms with E-state index in [1.165, 1.54) is 25.3 Å². The molecule has 0 spiro atoms. The van der Waals surface area contributed by atoms with Gasteiger partial charge in [0.25, 0.3) is 0 Å². The second-order valence-electron chi connectivity index (χ2n) is 6.93. The average molecular weight is 581 g/mol. The smallest absolute Gasteiger partial charge is 0.245 e. The Balaban J connectivity index is 2.32. The predicted molar refractivity (Wildman–Crippen MR) is 128 cm³/mol. The molecule has 0 fully saturated rings. The number of benzene rings is 2. The average Bonchev–Trinajstić information content (AvgIpc) is 2.65. The van der Waals surface area contributed by atoms with E-state index in [0.717, 1.165) is 14.1 Å². The van der Waals surface area contributed by atoms with Crippen molar-refractivity contribution in [3.05, 3.63) is 46.0 Å². The van der Waals surface area contributed by atoms with Crippen molar-refractivity contribution in [1.82, 2.24) is 4.72 Å². The Morgan fingerprint density at radius 1 is 1.10 bits per heavy atom. The second-order valence-corrected chi connectivity index (χ2v) is 11.8. The molecule has 170 valence electrons. The third kappa shape index (κ3) is 7.05. The van der Waals surface area contributed by atoms with Gasteiger partial charge in [-0.25, -0.2) is 21.6 Å². The number of nitrogens with zero attached hydrogens (tertiary/aromatic N) is 1. The Morgan fingerprint density at radius 3 is 2.23 bits per heavy atom. The van der Waals surface area contributed by atoms with Crippen molar-refractivity contribution in [1.29, 1.82) is 0 Å². The molecular weight excluding hydrogens is 557 g/mol. The zero-order valence-corrected chi connectivity index (χ0v) is 21.2. The minimum atomic E-state index is -3.80. The lowest BCUT2D eigenvalue weighted by Gasteiger charge is -2.22. The van der Waals surface area contributed by atoms with Crippen molar-refractivity contribution in [2.45, 2.75) is 24.8 Å². The van der Waals surface area contributed by atoms with Gasteiger partial charge >= 0.3 is 0 Å². The number of methoxy groups -OCH3 is 1. The lowest BCUT2D eigenvalue weighted by molar-refractivity contribution is -0.114. The lowest BCUT2D eigenvalue weighted by atomic mass is 10.3. The van der Waals surface area contributed by atoms with Crippen LogP contribution in [0.15, 0.2) is 47.4 Å². The molecule has 0 aromatic heterocycles. The topological polar surface area (TPSA) is 122 Å². The Hall–Kier alpha value is -1.90. The highest BCUT2D eigenvalue weighted by atomic mass is 127. The van der Waals surface area contributed by atoms with Crippen molar-refractivity contribution >= 4 is 59.9 Å². The van der Waals surface area contributed by atoms with E-state index < -0.39 is 32.5 Å². The minimum Gasteiger partial charge on any atom is -0.495 e. The third-order valence-corrected chi connectivity index (χ3v) is 7.46. The van der Waals surface area contributed by atoms with Gasteiger partial charge < -0.3 is 10.1 Å². The molecule has 2 aromatic rings. The molecule has 0 radical (unpaired) electrons. The van der Waals surface area contributed by atoms with Gasteiger partial charge in [0.1, 0.15) is 12.3 Å². The first-order valence-electron chi connectivity index (χ1n) is 9.07. The largest absolute Gasteiger partial charge is 0.495 e. The van der Waals surface area contributed by atoms with Gasteiger partial charge in [0, 0.05) is 9.61 Å². The number of carbonyl (C=O) groups is 1. The Labute approximate surface area is 196 Å². The summed E-state index contributed by atoms with van der Waals surface area (Å²) in [6.45, 7) is 2.88. The number of rotatable bonds is 9. The van der Waals surface area contributed by atoms with E-state index in [-0.39, 0.29) is 22.4 Å². The molecule has 0 aliphatic rings. The monoisotopic (exact) mass is 581 g/mol. The maximum atomic E-state index is 12.7. The summed E-state index contributed by atoms with van der Waals surface area (Å²) in [5.41, 5.74) is 0.442. The van der Waals surface area contributed by atoms with Gasteiger partial charge in [-0.05, 0) is 78.9 Å². The standard InChI is InChI=1S/C19H24IN3O6S2/c1-13(2)22-31(27,28)16-9-10-18(29-3)17(11-16)21-19(24)12-23(30(4,25)26)15-7-5-14(20)6-8-15/h5-11,13,22H,12H2,1-4H3,(H,21,24). The van der Waals surface area contributed by atoms with Crippen molar-refractivity contribution in [2.24, 2.45) is 0 Å². The molecule has 2 rings (SSSR count). The first kappa shape index (κ1) is 25.4. The quantitative estimate of drug-likeness (QED) is 0.439. The summed E-state index contributed by atoms with van der Waals surface area (Å²) in [6, 6.07) is 10.4. The molecule has 31 heavy (non-hydrogen) atoms. The summed E-state index contributed by atoms with van der Waals surface area (Å²) in [6.07, 6.45) is 1.00. The number of amides is 1. The highest BCUT2D eigenvalue weighted by molar-refractivity contribution is 14.1. The van der Waals surface area contributed by atoms with E-state index in [0.29, 0.717) is 5.69 Å². The van der Waals surface area contributed by atoms with Crippen LogP contribution in [0.5, 0.6) is 5.75 Å². The van der Waals surface area contributed by atoms with Crippen LogP contribution in [0.1, 0.15) is 13.8 Å². The number of hydrogen-bond donors (Lipinski definition) is 2. The van der Waals surface area contributed by atoms with Gasteiger partial charge in [0.15, 0.2) is 0 Å². The number of anilines is 2. The molecule has 1 amide bonds. The van der Waals surface area contributed by atoms with E-state index in [2.05, 4.69) is 32.6 Å². The molecule has 0 atom stereocenters. The number of hydrogen-bond acceptors (Lipinski definition) is 6. The van der Waals surface area contributed by atoms with Crippen LogP contribution in [-0.2, 0) is 24.8 Å². The fourth-order valence-electron chi connectivity index (χ4n) is 2.66. The Kier molecular flexibility index (Phi) is 8.30. The van der Waals surface area contributed by atoms with Gasteiger partial charge in [-0.1, -0.05) is 0 Å². The molecule has 0 bridgehead atoms. The van der Waals surface area contributed by atoms with E-state index in [9.17, 15) is 21.6 Å². The molecular formula is C19H24IN3O6S2. The summed E-state index contributed by atoms with van der Waals surface area (Å²) in [7, 11) is -6.17. The number of halogens is 1. The summed E-state index contributed by atoms with van der Waals surface area (Å²) >= 11 is 2.09. The van der Waals surface area contributed by atoms with E-state index in [1.807, 2.05) is 0 Å². The third-order valence-electron chi connectivity index (χ3n) is 3.95. The number of sulfonamides is 2. The molecule has 2 aromatic carbocycles. The van der Waals surface area contributed by atoms with Crippen LogP contribution in [-0.4, -0.2) is 48.7 Å². The predicted octanol–water partition coefficient (Wildman–Crippen LogP) is 2.39. The van der Waals surface area contributed by atoms with Crippen LogP contribution in [0.3, 0.4) is 0 Å². The maximum absolute atomic E-state index is 12.7. The van der Waals surface area contributed by atoms with E-state index in [1.54, 1.807) is 38.1 Å². The molecule has 0 heterocycles. The van der Waals surface area contributed by atoms with Gasteiger partial charge in [0.2, 0.25) is 26.0 Å². The van der Waals surface area contributed by atoms with Gasteiger partial charge in [-0.3, -0.25) is 9.10 Å². The Bertz CT molecular complexity index is 1150. The minimum absolute atomic E-state index is 0.0603. The van der Waals surface area contributed by atoms with Gasteiger partial charge in [-0.15, -0.1) is 0 Å². The van der Waals surface area contributed by atoms with E-state index >= 15 is 0 Å². The Morgan fingerprint density at radius 2 is 1.71 bits per heavy atom. The van der Waals surface area contributed by atoms with Crippen molar-refractivity contribution in [2.75, 3.05) is 29.5 Å². The fourth-order valence-corrected chi connectivity index (χ4v) is 5.15. The SMILES string of the molecule is COc1ccc(S(=O)(=O)NC(C)C)cc1NC(=O)CN(c1ccc(I)cc1)S(C)(=O)=O. The molecule has 12 heteroatoms. The van der Waals surface area contributed by atoms with Gasteiger partial charge in [0.05, 0.1) is 29.6 Å². The second kappa shape index (κ2) is 10.1. The molecule has 0 saturated carbocycles. The van der Waals surface area contributed by atoms with Crippen LogP contribution >= 0.6 is 22.6 Å². The molecule has 2 N–H and O–H groups in total. The highest BCUT2D eigenvalue weighted by Gasteiger charge is 2.23. The maximum Gasteiger partial charge on any atom is 0.245 e. The van der Waals surface area contributed by atoms with Crippen LogP contribution < -0.4 is 19.1 Å². The molecule has 0 saturated heterocycles. The highest BCUT2D eigenvalue weighted by Crippen LogP contribution is 2.28. The van der Waals surface area contributed by atoms with Crippen molar-refractivity contribution in [3.63, 3.8) is 0 Å². The van der Waals surface area contributed by atoms with Crippen LogP contribution in [0.25, 0.3) is 0 Å². The normalized spacial score (nSPS) is 11.9.